The molecule has 0 aromatic carbocycles. The number of aromatic nitrogens is 2. The standard InChI is InChI=1S/C8H15N2.BrH/c1-3-4-5-10-7-6-9(2)8-10;/h6-8H,3-5H2,1-2H3;1H/q+1;/p-1. The average molecular weight is 219 g/mol. The molecule has 0 aliphatic heterocycles. The van der Waals surface area contributed by atoms with E-state index in [4.69, 9.17) is 0 Å². The highest BCUT2D eigenvalue weighted by molar-refractivity contribution is 4.65. The molecule has 2 nitrogen and oxygen atoms in total. The van der Waals surface area contributed by atoms with Gasteiger partial charge >= 0.3 is 0 Å². The highest BCUT2D eigenvalue weighted by Crippen LogP contribution is 1.91. The lowest BCUT2D eigenvalue weighted by molar-refractivity contribution is -0.671. The topological polar surface area (TPSA) is 8.81 Å². The molecule has 0 N–H and O–H groups in total. The predicted octanol–water partition coefficient (Wildman–Crippen LogP) is -1.88. The van der Waals surface area contributed by atoms with E-state index in [2.05, 4.69) is 34.8 Å². The van der Waals surface area contributed by atoms with Gasteiger partial charge < -0.3 is 17.0 Å². The molecule has 1 aromatic rings. The number of aryl methyl sites for hydroxylation is 2. The SMILES string of the molecule is CCCCn1cc[n+](C)c1.[Br-]. The van der Waals surface area contributed by atoms with Crippen molar-refractivity contribution >= 4 is 0 Å². The molecule has 0 unspecified atom stereocenters. The predicted molar refractivity (Wildman–Crippen MR) is 40.5 cm³/mol. The van der Waals surface area contributed by atoms with E-state index >= 15 is 0 Å². The van der Waals surface area contributed by atoms with Crippen LogP contribution in [0.4, 0.5) is 0 Å². The third-order valence-electron chi connectivity index (χ3n) is 1.59. The highest BCUT2D eigenvalue weighted by atomic mass is 79.9. The Morgan fingerprint density at radius 3 is 2.64 bits per heavy atom. The number of hydrogen-bond acceptors (Lipinski definition) is 0. The molecule has 0 atom stereocenters. The van der Waals surface area contributed by atoms with Gasteiger partial charge in [0.05, 0.1) is 13.6 Å². The quantitative estimate of drug-likeness (QED) is 0.526. The molecule has 0 saturated heterocycles. The van der Waals surface area contributed by atoms with E-state index in [1.807, 2.05) is 7.05 Å². The Morgan fingerprint density at radius 2 is 2.18 bits per heavy atom. The van der Waals surface area contributed by atoms with Crippen molar-refractivity contribution in [3.63, 3.8) is 0 Å². The Labute approximate surface area is 78.6 Å². The fraction of sp³-hybridized carbons (Fsp3) is 0.625. The van der Waals surface area contributed by atoms with Gasteiger partial charge in [-0.3, -0.25) is 0 Å². The summed E-state index contributed by atoms with van der Waals surface area (Å²) < 4.78 is 4.28. The molecule has 1 aromatic heterocycles. The number of halogens is 1. The van der Waals surface area contributed by atoms with Gasteiger partial charge in [-0.2, -0.15) is 0 Å². The monoisotopic (exact) mass is 218 g/mol. The first-order valence-electron chi connectivity index (χ1n) is 3.84. The summed E-state index contributed by atoms with van der Waals surface area (Å²) in [6, 6.07) is 0. The number of unbranched alkanes of at least 4 members (excludes halogenated alkanes) is 1. The maximum Gasteiger partial charge on any atom is 0.243 e. The highest BCUT2D eigenvalue weighted by Gasteiger charge is 1.96. The van der Waals surface area contributed by atoms with Crippen LogP contribution in [-0.2, 0) is 13.6 Å². The third-order valence-corrected chi connectivity index (χ3v) is 1.59. The van der Waals surface area contributed by atoms with Crippen molar-refractivity contribution < 1.29 is 21.5 Å². The summed E-state index contributed by atoms with van der Waals surface area (Å²) in [7, 11) is 2.04. The molecular formula is C8H15BrN2. The van der Waals surface area contributed by atoms with E-state index in [0.29, 0.717) is 0 Å². The molecule has 0 fully saturated rings. The van der Waals surface area contributed by atoms with Gasteiger partial charge in [0.25, 0.3) is 0 Å². The van der Waals surface area contributed by atoms with Crippen LogP contribution in [0.1, 0.15) is 19.8 Å². The second kappa shape index (κ2) is 5.35. The van der Waals surface area contributed by atoms with E-state index < -0.39 is 0 Å². The van der Waals surface area contributed by atoms with E-state index in [0.717, 1.165) is 6.54 Å². The molecule has 11 heavy (non-hydrogen) atoms. The van der Waals surface area contributed by atoms with Gasteiger partial charge in [-0.05, 0) is 6.42 Å². The molecule has 0 saturated carbocycles. The molecule has 0 amide bonds. The number of nitrogens with zero attached hydrogens (tertiary/aromatic N) is 2. The molecule has 64 valence electrons. The van der Waals surface area contributed by atoms with Crippen LogP contribution in [0.3, 0.4) is 0 Å². The van der Waals surface area contributed by atoms with E-state index in [1.54, 1.807) is 0 Å². The van der Waals surface area contributed by atoms with Crippen molar-refractivity contribution in [2.75, 3.05) is 0 Å². The number of rotatable bonds is 3. The zero-order valence-electron chi connectivity index (χ0n) is 7.13. The first-order chi connectivity index (χ1) is 4.83. The van der Waals surface area contributed by atoms with Crippen molar-refractivity contribution in [2.45, 2.75) is 26.3 Å². The van der Waals surface area contributed by atoms with Crippen LogP contribution in [-0.4, -0.2) is 4.57 Å². The lowest BCUT2D eigenvalue weighted by atomic mass is 10.3. The van der Waals surface area contributed by atoms with E-state index in [1.165, 1.54) is 12.8 Å². The van der Waals surface area contributed by atoms with Gasteiger partial charge in [-0.15, -0.1) is 0 Å². The average Bonchev–Trinajstić information content (AvgIpc) is 2.31. The van der Waals surface area contributed by atoms with E-state index in [9.17, 15) is 0 Å². The largest absolute Gasteiger partial charge is 1.00 e. The minimum Gasteiger partial charge on any atom is -1.00 e. The van der Waals surface area contributed by atoms with Gasteiger partial charge in [0.15, 0.2) is 0 Å². The molecule has 1 rings (SSSR count). The van der Waals surface area contributed by atoms with Crippen molar-refractivity contribution in [3.05, 3.63) is 18.7 Å². The summed E-state index contributed by atoms with van der Waals surface area (Å²) in [6.45, 7) is 3.36. The Hall–Kier alpha value is -0.310. The van der Waals surface area contributed by atoms with Gasteiger partial charge in [-0.25, -0.2) is 9.13 Å². The second-order valence-electron chi connectivity index (χ2n) is 2.67. The molecule has 1 heterocycles. The summed E-state index contributed by atoms with van der Waals surface area (Å²) in [5.74, 6) is 0. The minimum absolute atomic E-state index is 0. The first-order valence-corrected chi connectivity index (χ1v) is 3.84. The number of hydrogen-bond donors (Lipinski definition) is 0. The van der Waals surface area contributed by atoms with Crippen LogP contribution >= 0.6 is 0 Å². The van der Waals surface area contributed by atoms with Gasteiger partial charge in [0.2, 0.25) is 6.33 Å². The first kappa shape index (κ1) is 10.7. The molecule has 0 radical (unpaired) electrons. The fourth-order valence-electron chi connectivity index (χ4n) is 0.975. The molecule has 0 aliphatic carbocycles. The third kappa shape index (κ3) is 3.56. The Morgan fingerprint density at radius 1 is 1.45 bits per heavy atom. The van der Waals surface area contributed by atoms with E-state index in [-0.39, 0.29) is 17.0 Å². The van der Waals surface area contributed by atoms with Crippen LogP contribution in [0.25, 0.3) is 0 Å². The zero-order valence-corrected chi connectivity index (χ0v) is 8.71. The van der Waals surface area contributed by atoms with Crippen molar-refractivity contribution in [1.82, 2.24) is 4.57 Å². The van der Waals surface area contributed by atoms with Gasteiger partial charge in [-0.1, -0.05) is 13.3 Å². The molecule has 0 aliphatic rings. The Bertz CT molecular complexity index is 196. The molecule has 3 heteroatoms. The normalized spacial score (nSPS) is 9.27. The summed E-state index contributed by atoms with van der Waals surface area (Å²) >= 11 is 0. The van der Waals surface area contributed by atoms with Crippen LogP contribution in [0.2, 0.25) is 0 Å². The summed E-state index contributed by atoms with van der Waals surface area (Å²) in [4.78, 5) is 0. The van der Waals surface area contributed by atoms with Crippen LogP contribution in [0.5, 0.6) is 0 Å². The molecule has 0 bridgehead atoms. The van der Waals surface area contributed by atoms with Crippen LogP contribution in [0, 0.1) is 0 Å². The van der Waals surface area contributed by atoms with Crippen LogP contribution in [0.15, 0.2) is 18.7 Å². The van der Waals surface area contributed by atoms with Gasteiger partial charge in [0, 0.05) is 0 Å². The van der Waals surface area contributed by atoms with Crippen LogP contribution < -0.4 is 21.5 Å². The molecular weight excluding hydrogens is 204 g/mol. The lowest BCUT2D eigenvalue weighted by Crippen LogP contribution is -3.00. The smallest absolute Gasteiger partial charge is 0.243 e. The van der Waals surface area contributed by atoms with Gasteiger partial charge in [0.1, 0.15) is 12.4 Å². The molecule has 0 spiro atoms. The fourth-order valence-corrected chi connectivity index (χ4v) is 0.975. The Balaban J connectivity index is 0.000001000. The summed E-state index contributed by atoms with van der Waals surface area (Å²) in [6.07, 6.45) is 8.82. The minimum atomic E-state index is 0. The summed E-state index contributed by atoms with van der Waals surface area (Å²) in [5.41, 5.74) is 0. The Kier molecular flexibility index (Phi) is 5.20. The maximum atomic E-state index is 2.21. The number of imidazole rings is 1. The second-order valence-corrected chi connectivity index (χ2v) is 2.67. The lowest BCUT2D eigenvalue weighted by Gasteiger charge is -1.90. The summed E-state index contributed by atoms with van der Waals surface area (Å²) in [5, 5.41) is 0. The maximum absolute atomic E-state index is 2.21. The van der Waals surface area contributed by atoms with Crippen molar-refractivity contribution in [1.29, 1.82) is 0 Å². The zero-order chi connectivity index (χ0) is 7.40. The van der Waals surface area contributed by atoms with Crippen molar-refractivity contribution in [2.24, 2.45) is 7.05 Å². The van der Waals surface area contributed by atoms with Crippen molar-refractivity contribution in [3.8, 4) is 0 Å².